The first kappa shape index (κ1) is 16.9. The molecule has 0 aromatic heterocycles. The van der Waals surface area contributed by atoms with Gasteiger partial charge in [-0.15, -0.1) is 0 Å². The van der Waals surface area contributed by atoms with Gasteiger partial charge in [-0.25, -0.2) is 0 Å². The van der Waals surface area contributed by atoms with Crippen molar-refractivity contribution in [3.05, 3.63) is 30.3 Å². The molecule has 1 aromatic carbocycles. The highest BCUT2D eigenvalue weighted by Gasteiger charge is 2.41. The van der Waals surface area contributed by atoms with E-state index in [9.17, 15) is 4.79 Å². The van der Waals surface area contributed by atoms with Crippen LogP contribution >= 0.6 is 0 Å². The van der Waals surface area contributed by atoms with Gasteiger partial charge in [0.1, 0.15) is 6.61 Å². The molecule has 1 aromatic rings. The Morgan fingerprint density at radius 2 is 1.92 bits per heavy atom. The summed E-state index contributed by atoms with van der Waals surface area (Å²) in [6.45, 7) is 4.43. The van der Waals surface area contributed by atoms with Crippen LogP contribution in [-0.2, 0) is 14.3 Å². The zero-order valence-electron chi connectivity index (χ0n) is 14.8. The van der Waals surface area contributed by atoms with E-state index in [-0.39, 0.29) is 18.6 Å². The Labute approximate surface area is 149 Å². The number of carbonyl (C=O) groups excluding carboxylic acids is 1. The summed E-state index contributed by atoms with van der Waals surface area (Å²) in [5.41, 5.74) is 1.28. The summed E-state index contributed by atoms with van der Waals surface area (Å²) in [6.07, 6.45) is 4.66. The molecule has 136 valence electrons. The van der Waals surface area contributed by atoms with Gasteiger partial charge in [-0.1, -0.05) is 18.2 Å². The van der Waals surface area contributed by atoms with Crippen molar-refractivity contribution in [2.75, 3.05) is 44.4 Å². The van der Waals surface area contributed by atoms with Crippen molar-refractivity contribution < 1.29 is 14.3 Å². The lowest BCUT2D eigenvalue weighted by Gasteiger charge is -2.39. The molecule has 0 bridgehead atoms. The summed E-state index contributed by atoms with van der Waals surface area (Å²) in [4.78, 5) is 16.5. The molecule has 0 N–H and O–H groups in total. The van der Waals surface area contributed by atoms with Crippen molar-refractivity contribution in [3.8, 4) is 0 Å². The van der Waals surface area contributed by atoms with Crippen LogP contribution in [0.4, 0.5) is 5.69 Å². The number of morpholine rings is 1. The van der Waals surface area contributed by atoms with Gasteiger partial charge < -0.3 is 19.3 Å². The average molecular weight is 344 g/mol. The maximum atomic E-state index is 12.1. The van der Waals surface area contributed by atoms with Crippen molar-refractivity contribution in [2.45, 2.75) is 37.8 Å². The molecule has 2 aliphatic heterocycles. The van der Waals surface area contributed by atoms with Gasteiger partial charge in [0.05, 0.1) is 25.4 Å². The molecule has 1 aliphatic carbocycles. The molecular formula is C20H28N2O3. The second-order valence-electron chi connectivity index (χ2n) is 7.45. The summed E-state index contributed by atoms with van der Waals surface area (Å²) < 4.78 is 11.8. The molecule has 3 atom stereocenters. The number of likely N-dealkylation sites (tertiary alicyclic amines) is 1. The maximum Gasteiger partial charge on any atom is 0.248 e. The molecule has 1 saturated carbocycles. The van der Waals surface area contributed by atoms with E-state index < -0.39 is 0 Å². The fourth-order valence-electron chi connectivity index (χ4n) is 4.50. The van der Waals surface area contributed by atoms with E-state index in [2.05, 4.69) is 35.2 Å². The molecule has 2 heterocycles. The van der Waals surface area contributed by atoms with Crippen LogP contribution in [0.2, 0.25) is 0 Å². The number of anilines is 1. The number of amides is 1. The SMILES string of the molecule is O=C(COCC1C[C@@H]2[C@@H](C1)OCCN2c1ccccc1)N1CCCC1. The number of benzene rings is 1. The predicted octanol–water partition coefficient (Wildman–Crippen LogP) is 2.31. The highest BCUT2D eigenvalue weighted by molar-refractivity contribution is 5.77. The number of ether oxygens (including phenoxy) is 2. The van der Waals surface area contributed by atoms with Crippen LogP contribution in [-0.4, -0.2) is 62.4 Å². The third kappa shape index (κ3) is 3.82. The minimum Gasteiger partial charge on any atom is -0.374 e. The van der Waals surface area contributed by atoms with Crippen molar-refractivity contribution >= 4 is 11.6 Å². The van der Waals surface area contributed by atoms with E-state index in [4.69, 9.17) is 9.47 Å². The first-order valence-corrected chi connectivity index (χ1v) is 9.60. The van der Waals surface area contributed by atoms with E-state index in [0.29, 0.717) is 18.6 Å². The fourth-order valence-corrected chi connectivity index (χ4v) is 4.50. The zero-order chi connectivity index (χ0) is 17.1. The second kappa shape index (κ2) is 7.75. The van der Waals surface area contributed by atoms with E-state index in [0.717, 1.165) is 51.9 Å². The van der Waals surface area contributed by atoms with E-state index in [1.807, 2.05) is 4.90 Å². The van der Waals surface area contributed by atoms with Crippen LogP contribution in [0.15, 0.2) is 30.3 Å². The molecular weight excluding hydrogens is 316 g/mol. The minimum absolute atomic E-state index is 0.148. The maximum absolute atomic E-state index is 12.1. The number of fused-ring (bicyclic) bond motifs is 1. The number of hydrogen-bond acceptors (Lipinski definition) is 4. The lowest BCUT2D eigenvalue weighted by atomic mass is 10.1. The Kier molecular flexibility index (Phi) is 5.22. The largest absolute Gasteiger partial charge is 0.374 e. The van der Waals surface area contributed by atoms with Gasteiger partial charge in [-0.3, -0.25) is 4.79 Å². The summed E-state index contributed by atoms with van der Waals surface area (Å²) in [7, 11) is 0. The quantitative estimate of drug-likeness (QED) is 0.822. The van der Waals surface area contributed by atoms with E-state index in [1.54, 1.807) is 0 Å². The molecule has 0 radical (unpaired) electrons. The molecule has 1 unspecified atom stereocenters. The van der Waals surface area contributed by atoms with E-state index >= 15 is 0 Å². The van der Waals surface area contributed by atoms with E-state index in [1.165, 1.54) is 5.69 Å². The number of carbonyl (C=O) groups is 1. The van der Waals surface area contributed by atoms with Crippen LogP contribution in [0.25, 0.3) is 0 Å². The normalized spacial score (nSPS) is 29.0. The van der Waals surface area contributed by atoms with Gasteiger partial charge >= 0.3 is 0 Å². The van der Waals surface area contributed by atoms with Crippen molar-refractivity contribution in [1.82, 2.24) is 4.90 Å². The minimum atomic E-state index is 0.148. The average Bonchev–Trinajstić information content (AvgIpc) is 3.31. The molecule has 1 amide bonds. The molecule has 3 aliphatic rings. The first-order chi connectivity index (χ1) is 12.3. The van der Waals surface area contributed by atoms with Crippen LogP contribution in [0, 0.1) is 5.92 Å². The third-order valence-corrected chi connectivity index (χ3v) is 5.76. The predicted molar refractivity (Wildman–Crippen MR) is 96.7 cm³/mol. The Morgan fingerprint density at radius 1 is 1.12 bits per heavy atom. The topological polar surface area (TPSA) is 42.0 Å². The summed E-state index contributed by atoms with van der Waals surface area (Å²) in [5, 5.41) is 0. The monoisotopic (exact) mass is 344 g/mol. The standard InChI is InChI=1S/C20H28N2O3/c23-20(21-8-4-5-9-21)15-24-14-16-12-18-19(13-16)25-11-10-22(18)17-6-2-1-3-7-17/h1-3,6-7,16,18-19H,4-5,8-15H2/t16?,18-,19-/m1/s1. The molecule has 3 fully saturated rings. The summed E-state index contributed by atoms with van der Waals surface area (Å²) >= 11 is 0. The number of para-hydroxylation sites is 1. The smallest absolute Gasteiger partial charge is 0.248 e. The molecule has 4 rings (SSSR count). The van der Waals surface area contributed by atoms with Crippen molar-refractivity contribution in [2.24, 2.45) is 5.92 Å². The highest BCUT2D eigenvalue weighted by atomic mass is 16.5. The van der Waals surface area contributed by atoms with Gasteiger partial charge in [-0.2, -0.15) is 0 Å². The van der Waals surface area contributed by atoms with Crippen molar-refractivity contribution in [1.29, 1.82) is 0 Å². The van der Waals surface area contributed by atoms with Gasteiger partial charge in [0.2, 0.25) is 5.91 Å². The Morgan fingerprint density at radius 3 is 2.72 bits per heavy atom. The Bertz CT molecular complexity index is 574. The van der Waals surface area contributed by atoms with Crippen LogP contribution in [0.5, 0.6) is 0 Å². The number of nitrogens with zero attached hydrogens (tertiary/aromatic N) is 2. The molecule has 5 nitrogen and oxygen atoms in total. The van der Waals surface area contributed by atoms with Gasteiger partial charge in [0.15, 0.2) is 0 Å². The fraction of sp³-hybridized carbons (Fsp3) is 0.650. The zero-order valence-corrected chi connectivity index (χ0v) is 14.8. The first-order valence-electron chi connectivity index (χ1n) is 9.60. The summed E-state index contributed by atoms with van der Waals surface area (Å²) in [6, 6.07) is 11.0. The second-order valence-corrected chi connectivity index (χ2v) is 7.45. The molecule has 0 spiro atoms. The molecule has 5 heteroatoms. The lowest BCUT2D eigenvalue weighted by Crippen LogP contribution is -2.48. The lowest BCUT2D eigenvalue weighted by molar-refractivity contribution is -0.135. The van der Waals surface area contributed by atoms with Crippen LogP contribution in [0.1, 0.15) is 25.7 Å². The van der Waals surface area contributed by atoms with Gasteiger partial charge in [0, 0.05) is 25.3 Å². The summed E-state index contributed by atoms with van der Waals surface area (Å²) in [5.74, 6) is 0.626. The Hall–Kier alpha value is -1.59. The number of hydrogen-bond donors (Lipinski definition) is 0. The van der Waals surface area contributed by atoms with Gasteiger partial charge in [-0.05, 0) is 43.7 Å². The third-order valence-electron chi connectivity index (χ3n) is 5.76. The molecule has 2 saturated heterocycles. The highest BCUT2D eigenvalue weighted by Crippen LogP contribution is 2.36. The molecule has 25 heavy (non-hydrogen) atoms. The Balaban J connectivity index is 1.28. The number of rotatable bonds is 5. The van der Waals surface area contributed by atoms with Gasteiger partial charge in [0.25, 0.3) is 0 Å². The van der Waals surface area contributed by atoms with Crippen LogP contribution in [0.3, 0.4) is 0 Å². The van der Waals surface area contributed by atoms with Crippen LogP contribution < -0.4 is 4.90 Å². The van der Waals surface area contributed by atoms with Crippen molar-refractivity contribution in [3.63, 3.8) is 0 Å².